The molecule has 0 N–H and O–H groups in total. The van der Waals surface area contributed by atoms with Gasteiger partial charge in [0.25, 0.3) is 0 Å². The molecule has 3 aliphatic rings. The van der Waals surface area contributed by atoms with E-state index < -0.39 is 0 Å². The maximum absolute atomic E-state index is 12.6. The Morgan fingerprint density at radius 3 is 2.84 bits per heavy atom. The largest absolute Gasteiger partial charge is 0.462 e. The van der Waals surface area contributed by atoms with Gasteiger partial charge in [0.1, 0.15) is 18.5 Å². The number of aryl methyl sites for hydroxylation is 1. The molecule has 0 bridgehead atoms. The van der Waals surface area contributed by atoms with Crippen LogP contribution in [0.25, 0.3) is 15.6 Å². The lowest BCUT2D eigenvalue weighted by molar-refractivity contribution is -0.128. The van der Waals surface area contributed by atoms with Crippen LogP contribution >= 0.6 is 0 Å². The predicted molar refractivity (Wildman–Crippen MR) is 173 cm³/mol. The van der Waals surface area contributed by atoms with Crippen molar-refractivity contribution in [2.75, 3.05) is 62.7 Å². The predicted octanol–water partition coefficient (Wildman–Crippen LogP) is 4.13. The number of benzene rings is 1. The fraction of sp³-hybridized carbons (Fsp3) is 0.500. The van der Waals surface area contributed by atoms with Gasteiger partial charge in [-0.1, -0.05) is 24.8 Å². The molecule has 2 fully saturated rings. The Morgan fingerprint density at radius 2 is 2.07 bits per heavy atom. The smallest absolute Gasteiger partial charge is 0.318 e. The normalized spacial score (nSPS) is 19.1. The number of hydrogen-bond donors (Lipinski definition) is 0. The van der Waals surface area contributed by atoms with Gasteiger partial charge in [-0.05, 0) is 57.7 Å². The number of carbonyl (C=O) groups is 1. The molecule has 4 heterocycles. The fourth-order valence-electron chi connectivity index (χ4n) is 6.49. The third-order valence-electron chi connectivity index (χ3n) is 9.33. The van der Waals surface area contributed by atoms with Gasteiger partial charge in [0.2, 0.25) is 12.5 Å². The molecule has 0 radical (unpaired) electrons. The number of fused-ring (bicyclic) bond motifs is 2. The van der Waals surface area contributed by atoms with Crippen LogP contribution in [-0.4, -0.2) is 95.7 Å². The van der Waals surface area contributed by atoms with Gasteiger partial charge >= 0.3 is 6.01 Å². The van der Waals surface area contributed by atoms with Crippen LogP contribution in [0.3, 0.4) is 0 Å². The molecule has 2 aromatic heterocycles. The molecule has 1 saturated carbocycles. The van der Waals surface area contributed by atoms with E-state index in [1.165, 1.54) is 29.9 Å². The molecule has 6 rings (SSSR count). The van der Waals surface area contributed by atoms with E-state index in [1.54, 1.807) is 4.90 Å². The highest BCUT2D eigenvalue weighted by Gasteiger charge is 2.35. The van der Waals surface area contributed by atoms with E-state index in [-0.39, 0.29) is 24.5 Å². The summed E-state index contributed by atoms with van der Waals surface area (Å²) in [7, 11) is 2.16. The highest BCUT2D eigenvalue weighted by molar-refractivity contribution is 5.96. The van der Waals surface area contributed by atoms with Crippen molar-refractivity contribution in [3.63, 3.8) is 0 Å². The molecule has 3 aromatic rings. The van der Waals surface area contributed by atoms with Crippen molar-refractivity contribution in [2.24, 2.45) is 5.92 Å². The molecule has 44 heavy (non-hydrogen) atoms. The molecule has 230 valence electrons. The zero-order valence-corrected chi connectivity index (χ0v) is 26.1. The number of likely N-dealkylation sites (N-methyl/N-ethyl adjacent to an activating group) is 1. The second-order valence-corrected chi connectivity index (χ2v) is 12.5. The first-order valence-electron chi connectivity index (χ1n) is 15.7. The van der Waals surface area contributed by atoms with Crippen LogP contribution in [0.5, 0.6) is 6.01 Å². The summed E-state index contributed by atoms with van der Waals surface area (Å²) in [4.78, 5) is 39.5. The lowest BCUT2D eigenvalue weighted by Crippen LogP contribution is -2.56. The van der Waals surface area contributed by atoms with E-state index in [2.05, 4.69) is 70.2 Å². The topological polar surface area (TPSA) is 82.3 Å². The monoisotopic (exact) mass is 594 g/mol. The lowest BCUT2D eigenvalue weighted by Gasteiger charge is -2.41. The van der Waals surface area contributed by atoms with Crippen molar-refractivity contribution in [3.8, 4) is 6.01 Å². The van der Waals surface area contributed by atoms with Gasteiger partial charge in [0.15, 0.2) is 0 Å². The van der Waals surface area contributed by atoms with Crippen LogP contribution in [0.1, 0.15) is 36.6 Å². The van der Waals surface area contributed by atoms with Crippen molar-refractivity contribution >= 4 is 28.2 Å². The van der Waals surface area contributed by atoms with Crippen molar-refractivity contribution in [3.05, 3.63) is 71.5 Å². The zero-order chi connectivity index (χ0) is 30.8. The van der Waals surface area contributed by atoms with Crippen LogP contribution < -0.4 is 14.5 Å². The number of carbonyl (C=O) groups excluding carboxylic acids is 1. The van der Waals surface area contributed by atoms with Gasteiger partial charge < -0.3 is 29.2 Å². The van der Waals surface area contributed by atoms with E-state index in [0.29, 0.717) is 38.8 Å². The van der Waals surface area contributed by atoms with Gasteiger partial charge in [0, 0.05) is 61.3 Å². The molecule has 1 aromatic carbocycles. The standard InChI is InChI=1S/C34H42N8O2/c1-6-31(43)42-15-14-41(20-27(42)17-35-4)33-28-12-13-40(30-18-36-16-26-9-7-8-23(2)32(26)30)21-29(28)37-34(38-33)44-22-24(3)39(5)19-25-10-11-25/h6-9,16,18,24-25,27H,1,10-15,17,19-22H2,2-3,5H3/t24-,27-/m0/s1. The molecule has 10 heteroatoms. The van der Waals surface area contributed by atoms with Crippen molar-refractivity contribution < 1.29 is 9.53 Å². The Hall–Kier alpha value is -4.23. The Kier molecular flexibility index (Phi) is 8.67. The quantitative estimate of drug-likeness (QED) is 0.256. The van der Waals surface area contributed by atoms with Gasteiger partial charge in [-0.25, -0.2) is 6.57 Å². The number of piperazine rings is 1. The molecule has 2 atom stereocenters. The van der Waals surface area contributed by atoms with Crippen LogP contribution in [0.2, 0.25) is 0 Å². The van der Waals surface area contributed by atoms with E-state index in [1.807, 2.05) is 12.4 Å². The first-order valence-corrected chi connectivity index (χ1v) is 15.7. The lowest BCUT2D eigenvalue weighted by atomic mass is 10.0. The summed E-state index contributed by atoms with van der Waals surface area (Å²) in [5.41, 5.74) is 4.40. The molecule has 1 aliphatic carbocycles. The molecule has 1 amide bonds. The molecular weight excluding hydrogens is 552 g/mol. The summed E-state index contributed by atoms with van der Waals surface area (Å²) in [5.74, 6) is 1.53. The Bertz CT molecular complexity index is 1580. The molecule has 0 spiro atoms. The van der Waals surface area contributed by atoms with Crippen molar-refractivity contribution in [1.82, 2.24) is 24.8 Å². The van der Waals surface area contributed by atoms with Crippen LogP contribution in [0.4, 0.5) is 11.5 Å². The SMILES string of the molecule is [C-]#[N+]C[C@H]1CN(c2nc(OC[C@H](C)N(C)CC3CC3)nc3c2CCN(c2cncc4cccc(C)c24)C3)CCN1C(=O)C=C. The summed E-state index contributed by atoms with van der Waals surface area (Å²) < 4.78 is 6.32. The number of hydrogen-bond acceptors (Lipinski definition) is 8. The van der Waals surface area contributed by atoms with Gasteiger partial charge in [-0.2, -0.15) is 9.97 Å². The minimum atomic E-state index is -0.234. The Balaban J connectivity index is 1.31. The van der Waals surface area contributed by atoms with Crippen LogP contribution in [-0.2, 0) is 17.8 Å². The van der Waals surface area contributed by atoms with Gasteiger partial charge in [-0.15, -0.1) is 0 Å². The van der Waals surface area contributed by atoms with Gasteiger partial charge in [0.05, 0.1) is 24.1 Å². The fourth-order valence-corrected chi connectivity index (χ4v) is 6.49. The number of rotatable bonds is 10. The Labute approximate surface area is 260 Å². The zero-order valence-electron chi connectivity index (χ0n) is 26.1. The van der Waals surface area contributed by atoms with Crippen molar-refractivity contribution in [2.45, 2.75) is 51.7 Å². The van der Waals surface area contributed by atoms with E-state index in [9.17, 15) is 4.79 Å². The molecule has 2 aliphatic heterocycles. The Morgan fingerprint density at radius 1 is 1.23 bits per heavy atom. The van der Waals surface area contributed by atoms with E-state index >= 15 is 0 Å². The number of nitrogens with zero attached hydrogens (tertiary/aromatic N) is 8. The second-order valence-electron chi connectivity index (χ2n) is 12.5. The average molecular weight is 595 g/mol. The third-order valence-corrected chi connectivity index (χ3v) is 9.33. The summed E-state index contributed by atoms with van der Waals surface area (Å²) in [6.07, 6.45) is 8.63. The third kappa shape index (κ3) is 6.20. The first kappa shape index (κ1) is 29.8. The summed E-state index contributed by atoms with van der Waals surface area (Å²) in [6.45, 7) is 20.4. The molecule has 1 saturated heterocycles. The first-order chi connectivity index (χ1) is 21.4. The van der Waals surface area contributed by atoms with Gasteiger partial charge in [-0.3, -0.25) is 9.78 Å². The minimum Gasteiger partial charge on any atom is -0.462 e. The maximum Gasteiger partial charge on any atom is 0.318 e. The summed E-state index contributed by atoms with van der Waals surface area (Å²) in [6, 6.07) is 6.71. The molecular formula is C34H42N8O2. The van der Waals surface area contributed by atoms with E-state index in [0.717, 1.165) is 53.6 Å². The van der Waals surface area contributed by atoms with Crippen molar-refractivity contribution in [1.29, 1.82) is 0 Å². The summed E-state index contributed by atoms with van der Waals surface area (Å²) in [5, 5.41) is 2.34. The number of pyridine rings is 1. The molecule has 10 nitrogen and oxygen atoms in total. The summed E-state index contributed by atoms with van der Waals surface area (Å²) >= 11 is 0. The number of aromatic nitrogens is 3. The van der Waals surface area contributed by atoms with E-state index in [4.69, 9.17) is 21.3 Å². The highest BCUT2D eigenvalue weighted by atomic mass is 16.5. The van der Waals surface area contributed by atoms with Crippen LogP contribution in [0, 0.1) is 19.4 Å². The maximum atomic E-state index is 12.6. The number of ether oxygens (including phenoxy) is 1. The minimum absolute atomic E-state index is 0.133. The second kappa shape index (κ2) is 12.8. The average Bonchev–Trinajstić information content (AvgIpc) is 3.86. The molecule has 0 unspecified atom stereocenters. The number of anilines is 2. The number of amides is 1. The van der Waals surface area contributed by atoms with Crippen LogP contribution in [0.15, 0.2) is 43.2 Å². The highest BCUT2D eigenvalue weighted by Crippen LogP contribution is 2.35.